The molecular formula is C20H28O3. The summed E-state index contributed by atoms with van der Waals surface area (Å²) >= 11 is 0. The van der Waals surface area contributed by atoms with Crippen LogP contribution in [0.1, 0.15) is 77.3 Å². The Morgan fingerprint density at radius 3 is 2.70 bits per heavy atom. The van der Waals surface area contributed by atoms with Gasteiger partial charge in [-0.05, 0) is 49.8 Å². The van der Waals surface area contributed by atoms with Crippen LogP contribution in [-0.2, 0) is 10.2 Å². The molecule has 1 aliphatic carbocycles. The van der Waals surface area contributed by atoms with Crippen molar-refractivity contribution in [1.29, 1.82) is 0 Å². The van der Waals surface area contributed by atoms with Crippen molar-refractivity contribution in [1.82, 2.24) is 0 Å². The van der Waals surface area contributed by atoms with Crippen LogP contribution in [0.25, 0.3) is 0 Å². The number of benzene rings is 1. The Labute approximate surface area is 139 Å². The van der Waals surface area contributed by atoms with E-state index < -0.39 is 0 Å². The zero-order valence-electron chi connectivity index (χ0n) is 14.9. The molecule has 0 unspecified atom stereocenters. The summed E-state index contributed by atoms with van der Waals surface area (Å²) in [6.07, 6.45) is 2.98. The number of hydrogen-bond acceptors (Lipinski definition) is 3. The Balaban J connectivity index is 2.13. The highest BCUT2D eigenvalue weighted by Crippen LogP contribution is 2.54. The first-order chi connectivity index (χ1) is 10.7. The van der Waals surface area contributed by atoms with E-state index >= 15 is 0 Å². The van der Waals surface area contributed by atoms with Gasteiger partial charge in [0.05, 0.1) is 0 Å². The van der Waals surface area contributed by atoms with E-state index in [0.29, 0.717) is 24.4 Å². The molecule has 0 bridgehead atoms. The smallest absolute Gasteiger partial charge is 0.133 e. The Hall–Kier alpha value is -1.51. The first kappa shape index (κ1) is 16.4. The van der Waals surface area contributed by atoms with Gasteiger partial charge in [0.1, 0.15) is 22.9 Å². The van der Waals surface area contributed by atoms with Gasteiger partial charge in [-0.2, -0.15) is 0 Å². The predicted molar refractivity (Wildman–Crippen MR) is 91.2 cm³/mol. The maximum atomic E-state index is 12.0. The first-order valence-corrected chi connectivity index (χ1v) is 8.74. The van der Waals surface area contributed by atoms with Gasteiger partial charge < -0.3 is 9.84 Å². The molecule has 1 N–H and O–H groups in total. The second-order valence-corrected chi connectivity index (χ2v) is 8.34. The first-order valence-electron chi connectivity index (χ1n) is 8.74. The summed E-state index contributed by atoms with van der Waals surface area (Å²) in [6.45, 7) is 10.7. The number of carbonyl (C=O) groups is 1. The number of aromatic hydroxyl groups is 1. The van der Waals surface area contributed by atoms with Gasteiger partial charge in [0.15, 0.2) is 0 Å². The molecule has 2 aliphatic rings. The normalized spacial score (nSPS) is 26.2. The van der Waals surface area contributed by atoms with Crippen molar-refractivity contribution in [3.8, 4) is 11.5 Å². The van der Waals surface area contributed by atoms with Crippen molar-refractivity contribution >= 4 is 5.78 Å². The quantitative estimate of drug-likeness (QED) is 0.860. The molecule has 0 aromatic heterocycles. The average molecular weight is 316 g/mol. The van der Waals surface area contributed by atoms with E-state index in [4.69, 9.17) is 4.74 Å². The summed E-state index contributed by atoms with van der Waals surface area (Å²) in [7, 11) is 0. The number of fused-ring (bicyclic) bond motifs is 3. The third-order valence-electron chi connectivity index (χ3n) is 6.09. The van der Waals surface area contributed by atoms with Crippen LogP contribution >= 0.6 is 0 Å². The molecular weight excluding hydrogens is 288 g/mol. The average Bonchev–Trinajstić information content (AvgIpc) is 2.45. The predicted octanol–water partition coefficient (Wildman–Crippen LogP) is 4.70. The molecule has 1 aliphatic heterocycles. The zero-order valence-corrected chi connectivity index (χ0v) is 14.9. The Morgan fingerprint density at radius 2 is 2.04 bits per heavy atom. The van der Waals surface area contributed by atoms with Gasteiger partial charge in [0.25, 0.3) is 0 Å². The summed E-state index contributed by atoms with van der Waals surface area (Å²) in [4.78, 5) is 12.0. The fraction of sp³-hybridized carbons (Fsp3) is 0.650. The molecule has 1 aromatic carbocycles. The van der Waals surface area contributed by atoms with Crippen LogP contribution < -0.4 is 4.74 Å². The fourth-order valence-electron chi connectivity index (χ4n) is 4.17. The van der Waals surface area contributed by atoms with Crippen molar-refractivity contribution < 1.29 is 14.6 Å². The van der Waals surface area contributed by atoms with Crippen LogP contribution in [-0.4, -0.2) is 16.5 Å². The molecule has 126 valence electrons. The van der Waals surface area contributed by atoms with Crippen LogP contribution in [0.5, 0.6) is 11.5 Å². The lowest BCUT2D eigenvalue weighted by Gasteiger charge is -2.47. The molecule has 0 spiro atoms. The number of phenols is 1. The standard InChI is InChI=1S/C20H28O3/c1-6-19(2,3)12-9-16(22)18-14-11-13(21)7-8-15(14)20(4,5)23-17(18)10-12/h9-10,14-15,22H,6-8,11H2,1-5H3/t14-,15-/m1/s1. The van der Waals surface area contributed by atoms with E-state index in [1.165, 1.54) is 0 Å². The lowest BCUT2D eigenvalue weighted by atomic mass is 9.66. The third-order valence-corrected chi connectivity index (χ3v) is 6.09. The van der Waals surface area contributed by atoms with Gasteiger partial charge in [-0.15, -0.1) is 0 Å². The van der Waals surface area contributed by atoms with Crippen LogP contribution in [0, 0.1) is 5.92 Å². The number of Topliss-reactive ketones (excluding diaryl/α,β-unsaturated/α-hetero) is 1. The highest BCUT2D eigenvalue weighted by Gasteiger charge is 2.47. The molecule has 3 heteroatoms. The Kier molecular flexibility index (Phi) is 3.74. The number of rotatable bonds is 2. The molecule has 1 heterocycles. The zero-order chi connectivity index (χ0) is 17.0. The molecule has 3 nitrogen and oxygen atoms in total. The minimum Gasteiger partial charge on any atom is -0.508 e. The van der Waals surface area contributed by atoms with Crippen molar-refractivity contribution in [2.75, 3.05) is 0 Å². The van der Waals surface area contributed by atoms with Crippen LogP contribution in [0.15, 0.2) is 12.1 Å². The molecule has 0 saturated heterocycles. The maximum Gasteiger partial charge on any atom is 0.133 e. The summed E-state index contributed by atoms with van der Waals surface area (Å²) in [5.41, 5.74) is 1.62. The van der Waals surface area contributed by atoms with Gasteiger partial charge in [0, 0.05) is 30.2 Å². The van der Waals surface area contributed by atoms with E-state index in [1.807, 2.05) is 6.07 Å². The van der Waals surface area contributed by atoms with Crippen LogP contribution in [0.2, 0.25) is 0 Å². The van der Waals surface area contributed by atoms with Gasteiger partial charge in [-0.1, -0.05) is 20.8 Å². The molecule has 0 radical (unpaired) electrons. The SMILES string of the molecule is CCC(C)(C)c1cc(O)c2c(c1)OC(C)(C)[C@@H]1CCC(=O)C[C@@H]21. The minimum atomic E-state index is -0.306. The number of ether oxygens (including phenoxy) is 1. The molecule has 3 rings (SSSR count). The molecule has 0 amide bonds. The van der Waals surface area contributed by atoms with Crippen LogP contribution in [0.3, 0.4) is 0 Å². The van der Waals surface area contributed by atoms with Crippen molar-refractivity contribution in [3.63, 3.8) is 0 Å². The van der Waals surface area contributed by atoms with E-state index in [0.717, 1.165) is 29.7 Å². The Morgan fingerprint density at radius 1 is 1.35 bits per heavy atom. The summed E-state index contributed by atoms with van der Waals surface area (Å²) < 4.78 is 6.31. The summed E-state index contributed by atoms with van der Waals surface area (Å²) in [5, 5.41) is 10.7. The summed E-state index contributed by atoms with van der Waals surface area (Å²) in [5.74, 6) is 1.71. The maximum absolute atomic E-state index is 12.0. The van der Waals surface area contributed by atoms with E-state index in [2.05, 4.69) is 40.7 Å². The molecule has 1 aromatic rings. The molecule has 23 heavy (non-hydrogen) atoms. The minimum absolute atomic E-state index is 0.0146. The largest absolute Gasteiger partial charge is 0.508 e. The summed E-state index contributed by atoms with van der Waals surface area (Å²) in [6, 6.07) is 3.95. The van der Waals surface area contributed by atoms with Gasteiger partial charge in [0.2, 0.25) is 0 Å². The van der Waals surface area contributed by atoms with Crippen molar-refractivity contribution in [2.24, 2.45) is 5.92 Å². The van der Waals surface area contributed by atoms with Crippen molar-refractivity contribution in [3.05, 3.63) is 23.3 Å². The highest BCUT2D eigenvalue weighted by atomic mass is 16.5. The van der Waals surface area contributed by atoms with E-state index in [1.54, 1.807) is 0 Å². The molecule has 1 saturated carbocycles. The third kappa shape index (κ3) is 2.64. The van der Waals surface area contributed by atoms with E-state index in [9.17, 15) is 9.90 Å². The fourth-order valence-corrected chi connectivity index (χ4v) is 4.17. The van der Waals surface area contributed by atoms with Gasteiger partial charge >= 0.3 is 0 Å². The van der Waals surface area contributed by atoms with E-state index in [-0.39, 0.29) is 22.9 Å². The van der Waals surface area contributed by atoms with Gasteiger partial charge in [-0.25, -0.2) is 0 Å². The lowest BCUT2D eigenvalue weighted by Crippen LogP contribution is -2.47. The molecule has 2 atom stereocenters. The number of ketones is 1. The van der Waals surface area contributed by atoms with Crippen molar-refractivity contribution in [2.45, 2.75) is 77.2 Å². The van der Waals surface area contributed by atoms with Gasteiger partial charge in [-0.3, -0.25) is 4.79 Å². The number of hydrogen-bond donors (Lipinski definition) is 1. The highest BCUT2D eigenvalue weighted by molar-refractivity contribution is 5.81. The second-order valence-electron chi connectivity index (χ2n) is 8.34. The topological polar surface area (TPSA) is 46.5 Å². The second kappa shape index (κ2) is 5.25. The number of phenolic OH excluding ortho intramolecular Hbond substituents is 1. The Bertz CT molecular complexity index is 643. The monoisotopic (exact) mass is 316 g/mol. The van der Waals surface area contributed by atoms with Crippen LogP contribution in [0.4, 0.5) is 0 Å². The lowest BCUT2D eigenvalue weighted by molar-refractivity contribution is -0.124. The number of carbonyl (C=O) groups excluding carboxylic acids is 1. The molecule has 1 fully saturated rings.